The molecule has 0 aromatic heterocycles. The maximum absolute atomic E-state index is 11.6. The normalized spacial score (nSPS) is 17.6. The second kappa shape index (κ2) is 5.09. The van der Waals surface area contributed by atoms with Crippen LogP contribution in [0.5, 0.6) is 0 Å². The molecule has 1 atom stereocenters. The molecule has 2 rings (SSSR count). The van der Waals surface area contributed by atoms with Crippen molar-refractivity contribution in [2.75, 3.05) is 12.8 Å². The van der Waals surface area contributed by atoms with Gasteiger partial charge in [0.15, 0.2) is 0 Å². The average molecular weight is 260 g/mol. The second-order valence-corrected chi connectivity index (χ2v) is 4.41. The Bertz CT molecular complexity index is 566. The number of rotatable bonds is 2. The van der Waals surface area contributed by atoms with E-state index in [2.05, 4.69) is 15.6 Å². The number of benzene rings is 1. The summed E-state index contributed by atoms with van der Waals surface area (Å²) in [6, 6.07) is 4.73. The molecule has 6 nitrogen and oxygen atoms in total. The number of aliphatic imine (C=N–C) groups is 1. The van der Waals surface area contributed by atoms with E-state index in [0.717, 1.165) is 11.1 Å². The Kier molecular flexibility index (Phi) is 3.50. The molecule has 1 aromatic rings. The van der Waals surface area contributed by atoms with Gasteiger partial charge in [-0.15, -0.1) is 0 Å². The van der Waals surface area contributed by atoms with Crippen LogP contribution in [0.2, 0.25) is 0 Å². The van der Waals surface area contributed by atoms with Gasteiger partial charge in [-0.05, 0) is 24.6 Å². The fourth-order valence-corrected chi connectivity index (χ4v) is 1.95. The third-order valence-electron chi connectivity index (χ3n) is 2.95. The molecule has 0 radical (unpaired) electrons. The van der Waals surface area contributed by atoms with Crippen LogP contribution in [0.15, 0.2) is 23.2 Å². The molecule has 2 amide bonds. The van der Waals surface area contributed by atoms with Crippen LogP contribution in [0.1, 0.15) is 18.1 Å². The van der Waals surface area contributed by atoms with E-state index in [1.165, 1.54) is 0 Å². The van der Waals surface area contributed by atoms with E-state index < -0.39 is 6.04 Å². The van der Waals surface area contributed by atoms with Crippen LogP contribution in [-0.2, 0) is 16.0 Å². The molecule has 0 unspecified atom stereocenters. The zero-order valence-electron chi connectivity index (χ0n) is 10.9. The van der Waals surface area contributed by atoms with E-state index >= 15 is 0 Å². The Morgan fingerprint density at radius 1 is 1.53 bits per heavy atom. The summed E-state index contributed by atoms with van der Waals surface area (Å²) in [5.41, 5.74) is 7.98. The van der Waals surface area contributed by atoms with Crippen LogP contribution in [0, 0.1) is 0 Å². The number of hydrogen-bond acceptors (Lipinski definition) is 4. The van der Waals surface area contributed by atoms with Gasteiger partial charge in [-0.1, -0.05) is 6.07 Å². The van der Waals surface area contributed by atoms with Crippen LogP contribution in [0.3, 0.4) is 0 Å². The van der Waals surface area contributed by atoms with Crippen molar-refractivity contribution in [2.24, 2.45) is 4.99 Å². The predicted octanol–water partition coefficient (Wildman–Crippen LogP) is -0.178. The van der Waals surface area contributed by atoms with E-state index in [-0.39, 0.29) is 11.8 Å². The topological polar surface area (TPSA) is 96.6 Å². The fraction of sp³-hybridized carbons (Fsp3) is 0.308. The van der Waals surface area contributed by atoms with Gasteiger partial charge in [-0.2, -0.15) is 0 Å². The van der Waals surface area contributed by atoms with Crippen molar-refractivity contribution >= 4 is 23.3 Å². The lowest BCUT2D eigenvalue weighted by atomic mass is 9.99. The number of nitrogen functional groups attached to an aromatic ring is 1. The number of amides is 2. The number of nitrogens with two attached hydrogens (primary N) is 1. The summed E-state index contributed by atoms with van der Waals surface area (Å²) < 4.78 is 0. The molecular formula is C13H16N4O2. The van der Waals surface area contributed by atoms with E-state index in [1.54, 1.807) is 26.1 Å². The molecular weight excluding hydrogens is 244 g/mol. The minimum Gasteiger partial charge on any atom is -0.399 e. The van der Waals surface area contributed by atoms with Crippen molar-refractivity contribution in [3.05, 3.63) is 29.3 Å². The fourth-order valence-electron chi connectivity index (χ4n) is 1.95. The summed E-state index contributed by atoms with van der Waals surface area (Å²) in [5, 5.41) is 5.20. The molecule has 6 heteroatoms. The maximum atomic E-state index is 11.6. The van der Waals surface area contributed by atoms with Crippen molar-refractivity contribution in [1.82, 2.24) is 10.6 Å². The molecule has 1 aliphatic rings. The lowest BCUT2D eigenvalue weighted by Crippen LogP contribution is -2.40. The van der Waals surface area contributed by atoms with E-state index in [9.17, 15) is 9.59 Å². The number of likely N-dealkylation sites (N-methyl/N-ethyl adjacent to an activating group) is 1. The first kappa shape index (κ1) is 13.1. The van der Waals surface area contributed by atoms with Gasteiger partial charge in [0, 0.05) is 18.3 Å². The summed E-state index contributed by atoms with van der Waals surface area (Å²) in [4.78, 5) is 27.4. The van der Waals surface area contributed by atoms with Gasteiger partial charge in [-0.25, -0.2) is 0 Å². The first-order chi connectivity index (χ1) is 9.01. The van der Waals surface area contributed by atoms with E-state index in [0.29, 0.717) is 17.9 Å². The molecule has 0 saturated heterocycles. The maximum Gasteiger partial charge on any atom is 0.244 e. The summed E-state index contributed by atoms with van der Waals surface area (Å²) in [7, 11) is 1.55. The molecule has 100 valence electrons. The molecule has 0 spiro atoms. The number of amidine groups is 1. The highest BCUT2D eigenvalue weighted by molar-refractivity contribution is 6.13. The van der Waals surface area contributed by atoms with E-state index in [1.807, 2.05) is 6.07 Å². The number of carbonyl (C=O) groups is 2. The first-order valence-electron chi connectivity index (χ1n) is 5.99. The second-order valence-electron chi connectivity index (χ2n) is 4.41. The highest BCUT2D eigenvalue weighted by atomic mass is 16.2. The SMILES string of the molecule is CNC(=O)[C@@H](C)N=C1NC(=O)Cc2ccc(N)cc21. The number of nitrogens with zero attached hydrogens (tertiary/aromatic N) is 1. The quantitative estimate of drug-likeness (QED) is 0.644. The first-order valence-corrected chi connectivity index (χ1v) is 5.99. The summed E-state index contributed by atoms with van der Waals surface area (Å²) in [5.74, 6) is 0.0487. The molecule has 0 saturated carbocycles. The van der Waals surface area contributed by atoms with Crippen LogP contribution in [0.25, 0.3) is 0 Å². The smallest absolute Gasteiger partial charge is 0.244 e. The van der Waals surface area contributed by atoms with Crippen molar-refractivity contribution in [2.45, 2.75) is 19.4 Å². The minimum atomic E-state index is -0.576. The van der Waals surface area contributed by atoms with Gasteiger partial charge in [0.1, 0.15) is 11.9 Å². The summed E-state index contributed by atoms with van der Waals surface area (Å²) in [6.45, 7) is 1.67. The minimum absolute atomic E-state index is 0.139. The molecule has 1 aromatic carbocycles. The zero-order chi connectivity index (χ0) is 14.0. The zero-order valence-corrected chi connectivity index (χ0v) is 10.9. The van der Waals surface area contributed by atoms with Crippen molar-refractivity contribution in [3.8, 4) is 0 Å². The molecule has 0 bridgehead atoms. The lowest BCUT2D eigenvalue weighted by molar-refractivity contribution is -0.121. The number of anilines is 1. The van der Waals surface area contributed by atoms with Gasteiger partial charge >= 0.3 is 0 Å². The van der Waals surface area contributed by atoms with Crippen LogP contribution in [-0.4, -0.2) is 30.7 Å². The largest absolute Gasteiger partial charge is 0.399 e. The highest BCUT2D eigenvalue weighted by Gasteiger charge is 2.22. The molecule has 1 heterocycles. The molecule has 4 N–H and O–H groups in total. The van der Waals surface area contributed by atoms with Crippen molar-refractivity contribution < 1.29 is 9.59 Å². The Morgan fingerprint density at radius 2 is 2.26 bits per heavy atom. The average Bonchev–Trinajstić information content (AvgIpc) is 2.38. The Morgan fingerprint density at radius 3 is 2.95 bits per heavy atom. The molecule has 19 heavy (non-hydrogen) atoms. The predicted molar refractivity (Wildman–Crippen MR) is 72.8 cm³/mol. The van der Waals surface area contributed by atoms with Gasteiger partial charge in [0.25, 0.3) is 0 Å². The Labute approximate surface area is 111 Å². The number of fused-ring (bicyclic) bond motifs is 1. The highest BCUT2D eigenvalue weighted by Crippen LogP contribution is 2.18. The molecule has 1 aliphatic heterocycles. The third-order valence-corrected chi connectivity index (χ3v) is 2.95. The third kappa shape index (κ3) is 2.73. The van der Waals surface area contributed by atoms with Crippen molar-refractivity contribution in [3.63, 3.8) is 0 Å². The van der Waals surface area contributed by atoms with Crippen LogP contribution in [0.4, 0.5) is 5.69 Å². The standard InChI is InChI=1S/C13H16N4O2/c1-7(13(19)15-2)16-12-10-6-9(14)4-3-8(10)5-11(18)17-12/h3-4,6-7H,5,14H2,1-2H3,(H,15,19)(H,16,17,18)/t7-/m1/s1. The van der Waals surface area contributed by atoms with Crippen molar-refractivity contribution in [1.29, 1.82) is 0 Å². The summed E-state index contributed by atoms with van der Waals surface area (Å²) in [6.07, 6.45) is 0.295. The molecule has 0 fully saturated rings. The van der Waals surface area contributed by atoms with Crippen LogP contribution >= 0.6 is 0 Å². The lowest BCUT2D eigenvalue weighted by Gasteiger charge is -2.20. The van der Waals surface area contributed by atoms with Gasteiger partial charge < -0.3 is 16.4 Å². The van der Waals surface area contributed by atoms with Gasteiger partial charge in [0.05, 0.1) is 6.42 Å². The monoisotopic (exact) mass is 260 g/mol. The van der Waals surface area contributed by atoms with E-state index in [4.69, 9.17) is 5.73 Å². The number of carbonyl (C=O) groups excluding carboxylic acids is 2. The number of hydrogen-bond donors (Lipinski definition) is 3. The number of nitrogens with one attached hydrogen (secondary N) is 2. The summed E-state index contributed by atoms with van der Waals surface area (Å²) >= 11 is 0. The van der Waals surface area contributed by atoms with Gasteiger partial charge in [-0.3, -0.25) is 14.6 Å². The van der Waals surface area contributed by atoms with Crippen LogP contribution < -0.4 is 16.4 Å². The van der Waals surface area contributed by atoms with Gasteiger partial charge in [0.2, 0.25) is 11.8 Å². The Hall–Kier alpha value is -2.37. The Balaban J connectivity index is 2.42. The molecule has 0 aliphatic carbocycles.